The SMILES string of the molecule is COc1ccc(CNC(=O)C(C)N2CCCC2c2cccs2)cc1. The predicted molar refractivity (Wildman–Crippen MR) is 97.3 cm³/mol. The van der Waals surface area contributed by atoms with E-state index in [-0.39, 0.29) is 11.9 Å². The van der Waals surface area contributed by atoms with Crippen LogP contribution in [0.4, 0.5) is 0 Å². The molecule has 1 aromatic carbocycles. The Morgan fingerprint density at radius 2 is 2.17 bits per heavy atom. The lowest BCUT2D eigenvalue weighted by molar-refractivity contribution is -0.126. The molecule has 0 bridgehead atoms. The third kappa shape index (κ3) is 3.79. The number of carbonyl (C=O) groups excluding carboxylic acids is 1. The maximum atomic E-state index is 12.6. The molecule has 1 aromatic heterocycles. The van der Waals surface area contributed by atoms with Crippen LogP contribution in [0.3, 0.4) is 0 Å². The van der Waals surface area contributed by atoms with Gasteiger partial charge in [0.25, 0.3) is 0 Å². The van der Waals surface area contributed by atoms with Gasteiger partial charge in [-0.25, -0.2) is 0 Å². The summed E-state index contributed by atoms with van der Waals surface area (Å²) in [6, 6.07) is 12.3. The molecular formula is C19H24N2O2S. The van der Waals surface area contributed by atoms with E-state index in [4.69, 9.17) is 4.74 Å². The number of carbonyl (C=O) groups is 1. The number of hydrogen-bond acceptors (Lipinski definition) is 4. The van der Waals surface area contributed by atoms with Crippen molar-refractivity contribution in [1.29, 1.82) is 0 Å². The van der Waals surface area contributed by atoms with Gasteiger partial charge >= 0.3 is 0 Å². The molecule has 1 N–H and O–H groups in total. The highest BCUT2D eigenvalue weighted by Gasteiger charge is 2.33. The zero-order chi connectivity index (χ0) is 16.9. The van der Waals surface area contributed by atoms with Crippen molar-refractivity contribution in [3.05, 3.63) is 52.2 Å². The van der Waals surface area contributed by atoms with Crippen molar-refractivity contribution in [2.24, 2.45) is 0 Å². The average Bonchev–Trinajstić information content (AvgIpc) is 3.30. The molecule has 1 aliphatic heterocycles. The number of nitrogens with zero attached hydrogens (tertiary/aromatic N) is 1. The summed E-state index contributed by atoms with van der Waals surface area (Å²) in [5.41, 5.74) is 1.08. The first-order valence-electron chi connectivity index (χ1n) is 8.39. The van der Waals surface area contributed by atoms with Gasteiger partial charge in [0.1, 0.15) is 5.75 Å². The van der Waals surface area contributed by atoms with Crippen LogP contribution >= 0.6 is 11.3 Å². The van der Waals surface area contributed by atoms with Crippen LogP contribution in [-0.2, 0) is 11.3 Å². The van der Waals surface area contributed by atoms with Gasteiger partial charge in [-0.1, -0.05) is 18.2 Å². The maximum absolute atomic E-state index is 12.6. The van der Waals surface area contributed by atoms with Crippen molar-refractivity contribution >= 4 is 17.2 Å². The van der Waals surface area contributed by atoms with Crippen LogP contribution < -0.4 is 10.1 Å². The van der Waals surface area contributed by atoms with Crippen LogP contribution in [-0.4, -0.2) is 30.5 Å². The molecule has 1 amide bonds. The monoisotopic (exact) mass is 344 g/mol. The summed E-state index contributed by atoms with van der Waals surface area (Å²) in [6.45, 7) is 3.54. The van der Waals surface area contributed by atoms with Crippen LogP contribution in [0.15, 0.2) is 41.8 Å². The molecule has 0 saturated carbocycles. The molecule has 1 fully saturated rings. The van der Waals surface area contributed by atoms with E-state index in [0.717, 1.165) is 30.7 Å². The first kappa shape index (κ1) is 17.0. The Kier molecular flexibility index (Phi) is 5.53. The Balaban J connectivity index is 1.57. The van der Waals surface area contributed by atoms with Crippen LogP contribution in [0, 0.1) is 0 Å². The highest BCUT2D eigenvalue weighted by molar-refractivity contribution is 7.10. The molecule has 0 spiro atoms. The van der Waals surface area contributed by atoms with Gasteiger partial charge in [-0.2, -0.15) is 0 Å². The van der Waals surface area contributed by atoms with Gasteiger partial charge in [0.2, 0.25) is 5.91 Å². The van der Waals surface area contributed by atoms with Crippen LogP contribution in [0.1, 0.15) is 36.2 Å². The van der Waals surface area contributed by atoms with E-state index in [9.17, 15) is 4.79 Å². The molecule has 1 saturated heterocycles. The number of benzene rings is 1. The zero-order valence-corrected chi connectivity index (χ0v) is 15.0. The van der Waals surface area contributed by atoms with Crippen molar-refractivity contribution in [2.75, 3.05) is 13.7 Å². The predicted octanol–water partition coefficient (Wildman–Crippen LogP) is 3.60. The fraction of sp³-hybridized carbons (Fsp3) is 0.421. The molecule has 1 aliphatic rings. The van der Waals surface area contributed by atoms with E-state index in [2.05, 4.69) is 27.7 Å². The second-order valence-corrected chi connectivity index (χ2v) is 7.13. The highest BCUT2D eigenvalue weighted by Crippen LogP contribution is 2.35. The van der Waals surface area contributed by atoms with Crippen molar-refractivity contribution in [3.63, 3.8) is 0 Å². The molecule has 2 atom stereocenters. The largest absolute Gasteiger partial charge is 0.497 e. The third-order valence-corrected chi connectivity index (χ3v) is 5.64. The number of nitrogens with one attached hydrogen (secondary N) is 1. The molecule has 128 valence electrons. The van der Waals surface area contributed by atoms with Gasteiger partial charge < -0.3 is 10.1 Å². The maximum Gasteiger partial charge on any atom is 0.237 e. The summed E-state index contributed by atoms with van der Waals surface area (Å²) in [5.74, 6) is 0.920. The molecule has 2 unspecified atom stereocenters. The third-order valence-electron chi connectivity index (χ3n) is 4.67. The van der Waals surface area contributed by atoms with Gasteiger partial charge in [-0.15, -0.1) is 11.3 Å². The molecule has 3 rings (SSSR count). The molecule has 5 heteroatoms. The van der Waals surface area contributed by atoms with Gasteiger partial charge in [0.05, 0.1) is 13.2 Å². The summed E-state index contributed by atoms with van der Waals surface area (Å²) < 4.78 is 5.15. The second-order valence-electron chi connectivity index (χ2n) is 6.15. The number of thiophene rings is 1. The summed E-state index contributed by atoms with van der Waals surface area (Å²) in [7, 11) is 1.65. The van der Waals surface area contributed by atoms with E-state index in [1.807, 2.05) is 31.2 Å². The van der Waals surface area contributed by atoms with Crippen LogP contribution in [0.5, 0.6) is 5.75 Å². The first-order valence-corrected chi connectivity index (χ1v) is 9.27. The number of amides is 1. The standard InChI is InChI=1S/C19H24N2O2S/c1-14(21-11-3-5-17(21)18-6-4-12-24-18)19(22)20-13-15-7-9-16(23-2)10-8-15/h4,6-10,12,14,17H,3,5,11,13H2,1-2H3,(H,20,22). The van der Waals surface area contributed by atoms with Crippen LogP contribution in [0.2, 0.25) is 0 Å². The lowest BCUT2D eigenvalue weighted by Crippen LogP contribution is -2.44. The molecule has 0 aliphatic carbocycles. The van der Waals surface area contributed by atoms with E-state index < -0.39 is 0 Å². The van der Waals surface area contributed by atoms with Gasteiger partial charge in [-0.3, -0.25) is 9.69 Å². The topological polar surface area (TPSA) is 41.6 Å². The Morgan fingerprint density at radius 3 is 2.83 bits per heavy atom. The van der Waals surface area contributed by atoms with Crippen molar-refractivity contribution in [3.8, 4) is 5.75 Å². The summed E-state index contributed by atoms with van der Waals surface area (Å²) in [6.07, 6.45) is 2.29. The summed E-state index contributed by atoms with van der Waals surface area (Å²) >= 11 is 1.78. The van der Waals surface area contributed by atoms with E-state index >= 15 is 0 Å². The first-order chi connectivity index (χ1) is 11.7. The molecular weight excluding hydrogens is 320 g/mol. The fourth-order valence-corrected chi connectivity index (χ4v) is 4.15. The quantitative estimate of drug-likeness (QED) is 0.870. The van der Waals surface area contributed by atoms with Gasteiger partial charge in [-0.05, 0) is 55.5 Å². The van der Waals surface area contributed by atoms with E-state index in [1.165, 1.54) is 4.88 Å². The fourth-order valence-electron chi connectivity index (χ4n) is 3.27. The van der Waals surface area contributed by atoms with Gasteiger partial charge in [0.15, 0.2) is 0 Å². The molecule has 24 heavy (non-hydrogen) atoms. The number of likely N-dealkylation sites (tertiary alicyclic amines) is 1. The number of rotatable bonds is 6. The minimum atomic E-state index is -0.113. The minimum absolute atomic E-state index is 0.0919. The number of methoxy groups -OCH3 is 1. The second kappa shape index (κ2) is 7.81. The highest BCUT2D eigenvalue weighted by atomic mass is 32.1. The normalized spacial score (nSPS) is 19.2. The molecule has 4 nitrogen and oxygen atoms in total. The summed E-state index contributed by atoms with van der Waals surface area (Å²) in [5, 5.41) is 5.17. The van der Waals surface area contributed by atoms with Gasteiger partial charge in [0, 0.05) is 17.5 Å². The number of hydrogen-bond donors (Lipinski definition) is 1. The number of ether oxygens (including phenoxy) is 1. The molecule has 0 radical (unpaired) electrons. The Bertz CT molecular complexity index is 655. The Hall–Kier alpha value is -1.85. The van der Waals surface area contributed by atoms with Crippen molar-refractivity contribution in [1.82, 2.24) is 10.2 Å². The minimum Gasteiger partial charge on any atom is -0.497 e. The summed E-state index contributed by atoms with van der Waals surface area (Å²) in [4.78, 5) is 16.3. The average molecular weight is 344 g/mol. The van der Waals surface area contributed by atoms with Crippen LogP contribution in [0.25, 0.3) is 0 Å². The smallest absolute Gasteiger partial charge is 0.237 e. The van der Waals surface area contributed by atoms with Crippen molar-refractivity contribution in [2.45, 2.75) is 38.4 Å². The van der Waals surface area contributed by atoms with E-state index in [1.54, 1.807) is 18.4 Å². The lowest BCUT2D eigenvalue weighted by Gasteiger charge is -2.29. The Morgan fingerprint density at radius 1 is 1.38 bits per heavy atom. The molecule has 2 heterocycles. The zero-order valence-electron chi connectivity index (χ0n) is 14.2. The van der Waals surface area contributed by atoms with Crippen molar-refractivity contribution < 1.29 is 9.53 Å². The Labute approximate surface area is 147 Å². The van der Waals surface area contributed by atoms with E-state index in [0.29, 0.717) is 12.6 Å². The lowest BCUT2D eigenvalue weighted by atomic mass is 10.1. The molecule has 2 aromatic rings.